The Balaban J connectivity index is 2.44. The highest BCUT2D eigenvalue weighted by Crippen LogP contribution is 2.44. The van der Waals surface area contributed by atoms with Crippen molar-refractivity contribution in [3.05, 3.63) is 0 Å². The number of rotatable bonds is 7. The topological polar surface area (TPSA) is 29.5 Å². The van der Waals surface area contributed by atoms with Gasteiger partial charge in [0.25, 0.3) is 0 Å². The Morgan fingerprint density at radius 3 is 2.17 bits per heavy atom. The first-order valence-corrected chi connectivity index (χ1v) is 7.69. The SMILES string of the molecule is CCCCCCC(O)C1(OC)CCC(C)(C)CC1. The zero-order chi connectivity index (χ0) is 13.6. The van der Waals surface area contributed by atoms with E-state index >= 15 is 0 Å². The molecule has 1 saturated carbocycles. The van der Waals surface area contributed by atoms with Gasteiger partial charge < -0.3 is 9.84 Å². The number of hydrogen-bond donors (Lipinski definition) is 1. The largest absolute Gasteiger partial charge is 0.390 e. The van der Waals surface area contributed by atoms with E-state index in [4.69, 9.17) is 4.74 Å². The summed E-state index contributed by atoms with van der Waals surface area (Å²) in [6.07, 6.45) is 9.84. The van der Waals surface area contributed by atoms with Crippen LogP contribution in [0.5, 0.6) is 0 Å². The van der Waals surface area contributed by atoms with Crippen molar-refractivity contribution in [3.63, 3.8) is 0 Å². The number of hydrogen-bond acceptors (Lipinski definition) is 2. The minimum absolute atomic E-state index is 0.262. The fourth-order valence-corrected chi connectivity index (χ4v) is 3.05. The van der Waals surface area contributed by atoms with E-state index in [1.165, 1.54) is 19.3 Å². The molecule has 0 radical (unpaired) electrons. The summed E-state index contributed by atoms with van der Waals surface area (Å²) >= 11 is 0. The Hall–Kier alpha value is -0.0800. The zero-order valence-corrected chi connectivity index (χ0v) is 12.8. The normalized spacial score (nSPS) is 23.8. The quantitative estimate of drug-likeness (QED) is 0.688. The summed E-state index contributed by atoms with van der Waals surface area (Å²) in [4.78, 5) is 0. The molecule has 2 heteroatoms. The molecule has 0 aromatic heterocycles. The van der Waals surface area contributed by atoms with E-state index in [1.807, 2.05) is 0 Å². The molecule has 0 aromatic carbocycles. The summed E-state index contributed by atoms with van der Waals surface area (Å²) in [7, 11) is 1.77. The standard InChI is InChI=1S/C16H32O2/c1-5-6-7-8-9-14(17)16(18-4)12-10-15(2,3)11-13-16/h14,17H,5-13H2,1-4H3. The van der Waals surface area contributed by atoms with Crippen molar-refractivity contribution in [2.75, 3.05) is 7.11 Å². The Labute approximate surface area is 113 Å². The number of aliphatic hydroxyl groups is 1. The summed E-state index contributed by atoms with van der Waals surface area (Å²) in [6, 6.07) is 0. The summed E-state index contributed by atoms with van der Waals surface area (Å²) in [5.74, 6) is 0. The van der Waals surface area contributed by atoms with Crippen LogP contribution in [-0.2, 0) is 4.74 Å². The minimum atomic E-state index is -0.282. The molecule has 0 amide bonds. The number of unbranched alkanes of at least 4 members (excludes halogenated alkanes) is 3. The van der Waals surface area contributed by atoms with Crippen LogP contribution < -0.4 is 0 Å². The van der Waals surface area contributed by atoms with Crippen molar-refractivity contribution >= 4 is 0 Å². The molecule has 0 aromatic rings. The van der Waals surface area contributed by atoms with Crippen LogP contribution in [0.15, 0.2) is 0 Å². The molecule has 1 atom stereocenters. The van der Waals surface area contributed by atoms with Crippen LogP contribution >= 0.6 is 0 Å². The molecular weight excluding hydrogens is 224 g/mol. The summed E-state index contributed by atoms with van der Waals surface area (Å²) in [5.41, 5.74) is 0.158. The van der Waals surface area contributed by atoms with Crippen LogP contribution in [0.3, 0.4) is 0 Å². The molecule has 1 fully saturated rings. The molecule has 2 nitrogen and oxygen atoms in total. The molecule has 1 aliphatic rings. The van der Waals surface area contributed by atoms with Crippen LogP contribution in [0.1, 0.15) is 78.6 Å². The Morgan fingerprint density at radius 2 is 1.67 bits per heavy atom. The van der Waals surface area contributed by atoms with Gasteiger partial charge in [-0.3, -0.25) is 0 Å². The highest BCUT2D eigenvalue weighted by atomic mass is 16.5. The van der Waals surface area contributed by atoms with E-state index in [-0.39, 0.29) is 11.7 Å². The monoisotopic (exact) mass is 256 g/mol. The zero-order valence-electron chi connectivity index (χ0n) is 12.8. The highest BCUT2D eigenvalue weighted by Gasteiger charge is 2.43. The van der Waals surface area contributed by atoms with Gasteiger partial charge in [0.2, 0.25) is 0 Å². The second kappa shape index (κ2) is 6.91. The molecule has 1 unspecified atom stereocenters. The lowest BCUT2D eigenvalue weighted by molar-refractivity contribution is -0.138. The van der Waals surface area contributed by atoms with Crippen molar-refractivity contribution in [1.82, 2.24) is 0 Å². The molecule has 108 valence electrons. The van der Waals surface area contributed by atoms with Crippen LogP contribution in [-0.4, -0.2) is 23.9 Å². The fourth-order valence-electron chi connectivity index (χ4n) is 3.05. The number of methoxy groups -OCH3 is 1. The molecule has 18 heavy (non-hydrogen) atoms. The lowest BCUT2D eigenvalue weighted by Gasteiger charge is -2.45. The van der Waals surface area contributed by atoms with E-state index in [1.54, 1.807) is 7.11 Å². The van der Waals surface area contributed by atoms with Crippen molar-refractivity contribution in [2.45, 2.75) is 90.3 Å². The van der Waals surface area contributed by atoms with E-state index in [2.05, 4.69) is 20.8 Å². The van der Waals surface area contributed by atoms with E-state index < -0.39 is 0 Å². The van der Waals surface area contributed by atoms with E-state index in [0.717, 1.165) is 38.5 Å². The third kappa shape index (κ3) is 4.24. The Bertz CT molecular complexity index is 225. The first-order valence-electron chi connectivity index (χ1n) is 7.69. The number of aliphatic hydroxyl groups excluding tert-OH is 1. The average molecular weight is 256 g/mol. The van der Waals surface area contributed by atoms with Gasteiger partial charge in [-0.05, 0) is 37.5 Å². The van der Waals surface area contributed by atoms with Gasteiger partial charge in [-0.15, -0.1) is 0 Å². The predicted octanol–water partition coefficient (Wildman–Crippen LogP) is 4.30. The van der Waals surface area contributed by atoms with Gasteiger partial charge >= 0.3 is 0 Å². The average Bonchev–Trinajstić information content (AvgIpc) is 2.35. The fraction of sp³-hybridized carbons (Fsp3) is 1.00. The van der Waals surface area contributed by atoms with Gasteiger partial charge in [0.15, 0.2) is 0 Å². The Morgan fingerprint density at radius 1 is 1.06 bits per heavy atom. The van der Waals surface area contributed by atoms with E-state index in [0.29, 0.717) is 5.41 Å². The van der Waals surface area contributed by atoms with Crippen molar-refractivity contribution < 1.29 is 9.84 Å². The molecule has 0 saturated heterocycles. The smallest absolute Gasteiger partial charge is 0.0936 e. The van der Waals surface area contributed by atoms with Gasteiger partial charge in [0, 0.05) is 7.11 Å². The lowest BCUT2D eigenvalue weighted by atomic mass is 9.68. The van der Waals surface area contributed by atoms with Gasteiger partial charge in [0.05, 0.1) is 11.7 Å². The second-order valence-corrected chi connectivity index (χ2v) is 6.80. The molecule has 1 N–H and O–H groups in total. The molecule has 0 bridgehead atoms. The molecule has 0 heterocycles. The maximum Gasteiger partial charge on any atom is 0.0936 e. The summed E-state index contributed by atoms with van der Waals surface area (Å²) in [6.45, 7) is 6.86. The van der Waals surface area contributed by atoms with Crippen LogP contribution in [0, 0.1) is 5.41 Å². The van der Waals surface area contributed by atoms with Crippen LogP contribution in [0.4, 0.5) is 0 Å². The van der Waals surface area contributed by atoms with Crippen molar-refractivity contribution in [2.24, 2.45) is 5.41 Å². The number of ether oxygens (including phenoxy) is 1. The highest BCUT2D eigenvalue weighted by molar-refractivity contribution is 4.95. The van der Waals surface area contributed by atoms with Gasteiger partial charge in [0.1, 0.15) is 0 Å². The predicted molar refractivity (Wildman–Crippen MR) is 76.8 cm³/mol. The molecule has 0 spiro atoms. The second-order valence-electron chi connectivity index (χ2n) is 6.80. The molecule has 1 rings (SSSR count). The first-order chi connectivity index (χ1) is 8.46. The third-order valence-electron chi connectivity index (χ3n) is 4.79. The Kier molecular flexibility index (Phi) is 6.13. The van der Waals surface area contributed by atoms with Gasteiger partial charge in [-0.2, -0.15) is 0 Å². The van der Waals surface area contributed by atoms with Crippen molar-refractivity contribution in [1.29, 1.82) is 0 Å². The van der Waals surface area contributed by atoms with Crippen molar-refractivity contribution in [3.8, 4) is 0 Å². The minimum Gasteiger partial charge on any atom is -0.390 e. The summed E-state index contributed by atoms with van der Waals surface area (Å²) in [5, 5.41) is 10.5. The maximum atomic E-state index is 10.5. The summed E-state index contributed by atoms with van der Waals surface area (Å²) < 4.78 is 5.74. The lowest BCUT2D eigenvalue weighted by Crippen LogP contribution is -2.48. The van der Waals surface area contributed by atoms with E-state index in [9.17, 15) is 5.11 Å². The van der Waals surface area contributed by atoms with Crippen LogP contribution in [0.2, 0.25) is 0 Å². The maximum absolute atomic E-state index is 10.5. The van der Waals surface area contributed by atoms with Gasteiger partial charge in [-0.25, -0.2) is 0 Å². The first kappa shape index (κ1) is 16.0. The van der Waals surface area contributed by atoms with Gasteiger partial charge in [-0.1, -0.05) is 46.5 Å². The molecule has 0 aliphatic heterocycles. The molecule has 1 aliphatic carbocycles. The molecular formula is C16H32O2. The van der Waals surface area contributed by atoms with Crippen LogP contribution in [0.25, 0.3) is 0 Å². The third-order valence-corrected chi connectivity index (χ3v) is 4.79.